The summed E-state index contributed by atoms with van der Waals surface area (Å²) in [5.41, 5.74) is 0. The third kappa shape index (κ3) is 3.21. The fraction of sp³-hybridized carbons (Fsp3) is 0.667. The summed E-state index contributed by atoms with van der Waals surface area (Å²) in [5.74, 6) is 0.805. The van der Waals surface area contributed by atoms with Crippen LogP contribution in [0.2, 0.25) is 0 Å². The van der Waals surface area contributed by atoms with Crippen LogP contribution in [0, 0.1) is 0 Å². The Balaban J connectivity index is 2.38. The minimum Gasteiger partial charge on any atom is -0.423 e. The molecule has 0 fully saturated rings. The highest BCUT2D eigenvalue weighted by molar-refractivity contribution is 5.40. The van der Waals surface area contributed by atoms with E-state index in [0.29, 0.717) is 0 Å². The Hall–Kier alpha value is -0.790. The molecule has 0 amide bonds. The SMILES string of the molecule is O=[C]O/C1=C/CCCCCC1. The normalized spacial score (nSPS) is 24.2. The fourth-order valence-electron chi connectivity index (χ4n) is 1.31. The Morgan fingerprint density at radius 1 is 1.27 bits per heavy atom. The van der Waals surface area contributed by atoms with E-state index in [1.165, 1.54) is 25.7 Å². The lowest BCUT2D eigenvalue weighted by molar-refractivity contribution is 0.339. The van der Waals surface area contributed by atoms with Gasteiger partial charge in [-0.1, -0.05) is 12.8 Å². The zero-order chi connectivity index (χ0) is 7.94. The quantitative estimate of drug-likeness (QED) is 0.608. The van der Waals surface area contributed by atoms with Gasteiger partial charge in [0.15, 0.2) is 0 Å². The molecule has 0 aromatic rings. The molecule has 61 valence electrons. The van der Waals surface area contributed by atoms with E-state index in [1.54, 1.807) is 0 Å². The van der Waals surface area contributed by atoms with Crippen molar-refractivity contribution < 1.29 is 9.53 Å². The molecule has 1 aliphatic carbocycles. The van der Waals surface area contributed by atoms with Gasteiger partial charge in [0.25, 0.3) is 0 Å². The monoisotopic (exact) mass is 153 g/mol. The lowest BCUT2D eigenvalue weighted by Gasteiger charge is -2.07. The summed E-state index contributed by atoms with van der Waals surface area (Å²) in [6.45, 7) is 1.47. The van der Waals surface area contributed by atoms with E-state index in [1.807, 2.05) is 6.08 Å². The molecule has 1 rings (SSSR count). The maximum Gasteiger partial charge on any atom is 0.422 e. The minimum absolute atomic E-state index is 0.805. The molecule has 0 aromatic carbocycles. The molecule has 0 bridgehead atoms. The van der Waals surface area contributed by atoms with Gasteiger partial charge < -0.3 is 4.74 Å². The number of carbonyl (C=O) groups excluding carboxylic acids is 1. The summed E-state index contributed by atoms with van der Waals surface area (Å²) in [6, 6.07) is 0. The lowest BCUT2D eigenvalue weighted by atomic mass is 10.1. The molecule has 0 saturated carbocycles. The smallest absolute Gasteiger partial charge is 0.422 e. The molecule has 0 heterocycles. The number of rotatable bonds is 2. The van der Waals surface area contributed by atoms with Crippen LogP contribution in [0.4, 0.5) is 0 Å². The van der Waals surface area contributed by atoms with Crippen LogP contribution in [-0.4, -0.2) is 6.47 Å². The van der Waals surface area contributed by atoms with Crippen molar-refractivity contribution in [1.29, 1.82) is 0 Å². The van der Waals surface area contributed by atoms with Crippen molar-refractivity contribution in [3.63, 3.8) is 0 Å². The van der Waals surface area contributed by atoms with Gasteiger partial charge in [0.2, 0.25) is 0 Å². The van der Waals surface area contributed by atoms with Crippen LogP contribution in [0.1, 0.15) is 38.5 Å². The molecule has 0 N–H and O–H groups in total. The zero-order valence-electron chi connectivity index (χ0n) is 6.64. The zero-order valence-corrected chi connectivity index (χ0v) is 6.64. The van der Waals surface area contributed by atoms with E-state index >= 15 is 0 Å². The number of ether oxygens (including phenoxy) is 1. The molecule has 1 aliphatic rings. The summed E-state index contributed by atoms with van der Waals surface area (Å²) in [7, 11) is 0. The highest BCUT2D eigenvalue weighted by Crippen LogP contribution is 2.16. The first-order valence-corrected chi connectivity index (χ1v) is 4.16. The molecule has 0 aromatic heterocycles. The summed E-state index contributed by atoms with van der Waals surface area (Å²) >= 11 is 0. The second kappa shape index (κ2) is 4.94. The van der Waals surface area contributed by atoms with Crippen LogP contribution < -0.4 is 0 Å². The first-order chi connectivity index (χ1) is 5.43. The van der Waals surface area contributed by atoms with E-state index in [2.05, 4.69) is 4.74 Å². The molecule has 0 atom stereocenters. The molecule has 2 heteroatoms. The van der Waals surface area contributed by atoms with Crippen LogP contribution in [0.3, 0.4) is 0 Å². The largest absolute Gasteiger partial charge is 0.423 e. The van der Waals surface area contributed by atoms with Gasteiger partial charge in [-0.3, -0.25) is 0 Å². The predicted octanol–water partition coefficient (Wildman–Crippen LogP) is 2.31. The van der Waals surface area contributed by atoms with Gasteiger partial charge in [-0.25, -0.2) is 4.79 Å². The molecule has 2 nitrogen and oxygen atoms in total. The molecule has 0 aliphatic heterocycles. The van der Waals surface area contributed by atoms with E-state index in [-0.39, 0.29) is 0 Å². The van der Waals surface area contributed by atoms with Crippen molar-refractivity contribution >= 4 is 6.47 Å². The van der Waals surface area contributed by atoms with Crippen molar-refractivity contribution in [2.75, 3.05) is 0 Å². The second-order valence-electron chi connectivity index (χ2n) is 2.81. The Bertz CT molecular complexity index is 150. The highest BCUT2D eigenvalue weighted by atomic mass is 16.5. The maximum atomic E-state index is 9.88. The van der Waals surface area contributed by atoms with Crippen LogP contribution in [-0.2, 0) is 9.53 Å². The first-order valence-electron chi connectivity index (χ1n) is 4.16. The molecular weight excluding hydrogens is 140 g/mol. The third-order valence-corrected chi connectivity index (χ3v) is 1.92. The Kier molecular flexibility index (Phi) is 3.73. The van der Waals surface area contributed by atoms with Crippen LogP contribution in [0.5, 0.6) is 0 Å². The third-order valence-electron chi connectivity index (χ3n) is 1.92. The summed E-state index contributed by atoms with van der Waals surface area (Å²) < 4.78 is 4.67. The summed E-state index contributed by atoms with van der Waals surface area (Å²) in [6.07, 6.45) is 8.84. The Morgan fingerprint density at radius 2 is 2.09 bits per heavy atom. The van der Waals surface area contributed by atoms with Gasteiger partial charge in [-0.15, -0.1) is 0 Å². The molecule has 1 radical (unpaired) electrons. The number of hydrogen-bond acceptors (Lipinski definition) is 2. The van der Waals surface area contributed by atoms with Gasteiger partial charge in [-0.2, -0.15) is 0 Å². The molecule has 0 unspecified atom stereocenters. The molecule has 11 heavy (non-hydrogen) atoms. The average molecular weight is 153 g/mol. The van der Waals surface area contributed by atoms with Crippen molar-refractivity contribution in [2.24, 2.45) is 0 Å². The van der Waals surface area contributed by atoms with Crippen molar-refractivity contribution in [3.8, 4) is 0 Å². The van der Waals surface area contributed by atoms with E-state index in [4.69, 9.17) is 0 Å². The van der Waals surface area contributed by atoms with Crippen LogP contribution in [0.25, 0.3) is 0 Å². The first kappa shape index (κ1) is 8.31. The van der Waals surface area contributed by atoms with Crippen LogP contribution >= 0.6 is 0 Å². The lowest BCUT2D eigenvalue weighted by Crippen LogP contribution is -1.93. The van der Waals surface area contributed by atoms with Crippen molar-refractivity contribution in [1.82, 2.24) is 0 Å². The van der Waals surface area contributed by atoms with Gasteiger partial charge in [0.05, 0.1) is 0 Å². The fourth-order valence-corrected chi connectivity index (χ4v) is 1.31. The Labute approximate surface area is 67.2 Å². The second-order valence-corrected chi connectivity index (χ2v) is 2.81. The van der Waals surface area contributed by atoms with E-state index < -0.39 is 0 Å². The maximum absolute atomic E-state index is 9.88. The molecule has 0 saturated heterocycles. The minimum atomic E-state index is 0.805. The van der Waals surface area contributed by atoms with Gasteiger partial charge >= 0.3 is 6.47 Å². The molecular formula is C9H13O2. The summed E-state index contributed by atoms with van der Waals surface area (Å²) in [5, 5.41) is 0. The topological polar surface area (TPSA) is 26.3 Å². The molecule has 0 spiro atoms. The number of allylic oxidation sites excluding steroid dienone is 2. The van der Waals surface area contributed by atoms with Gasteiger partial charge in [0, 0.05) is 6.42 Å². The standard InChI is InChI=1S/C9H13O2/c10-8-11-9-6-4-2-1-3-5-7-9/h6H,1-5,7H2/b9-6+. The van der Waals surface area contributed by atoms with Gasteiger partial charge in [0.1, 0.15) is 5.76 Å². The highest BCUT2D eigenvalue weighted by Gasteiger charge is 2.01. The van der Waals surface area contributed by atoms with Crippen LogP contribution in [0.15, 0.2) is 11.8 Å². The average Bonchev–Trinajstić information content (AvgIpc) is 1.94. The van der Waals surface area contributed by atoms with E-state index in [9.17, 15) is 4.79 Å². The van der Waals surface area contributed by atoms with Gasteiger partial charge in [-0.05, 0) is 25.3 Å². The van der Waals surface area contributed by atoms with E-state index in [0.717, 1.165) is 25.0 Å². The Morgan fingerprint density at radius 3 is 2.91 bits per heavy atom. The number of hydrogen-bond donors (Lipinski definition) is 0. The predicted molar refractivity (Wildman–Crippen MR) is 42.6 cm³/mol. The van der Waals surface area contributed by atoms with Crippen molar-refractivity contribution in [3.05, 3.63) is 11.8 Å². The van der Waals surface area contributed by atoms with Crippen molar-refractivity contribution in [2.45, 2.75) is 38.5 Å². The summed E-state index contributed by atoms with van der Waals surface area (Å²) in [4.78, 5) is 9.88.